The van der Waals surface area contributed by atoms with Gasteiger partial charge in [0.25, 0.3) is 5.91 Å². The molecule has 0 spiro atoms. The first kappa shape index (κ1) is 28.2. The standard InChI is InChI=1S/C29H24Cl3N5O2S/c1-33-28(38)24(13-17-4-2-6-19(30)12-17)35-29(39)27-10-9-26(40-27)25-15-23(18-5-3-11-34-16-18)36-37(25)20-7-8-21(31)22(32)14-20/h2-8,10-12,14-16,24,26H,9,13H2,1H3,(H,33,38)(H,35,39)/t24-,26?/m0/s1. The van der Waals surface area contributed by atoms with Gasteiger partial charge in [-0.2, -0.15) is 5.10 Å². The van der Waals surface area contributed by atoms with Crippen molar-refractivity contribution in [2.75, 3.05) is 7.05 Å². The number of allylic oxidation sites excluding steroid dienone is 1. The van der Waals surface area contributed by atoms with E-state index >= 15 is 0 Å². The number of hydrogen-bond donors (Lipinski definition) is 2. The minimum Gasteiger partial charge on any atom is -0.357 e. The molecule has 2 aromatic heterocycles. The topological polar surface area (TPSA) is 88.9 Å². The van der Waals surface area contributed by atoms with Crippen molar-refractivity contribution in [2.45, 2.75) is 24.1 Å². The van der Waals surface area contributed by atoms with Gasteiger partial charge in [-0.25, -0.2) is 4.68 Å². The molecule has 0 fully saturated rings. The molecule has 0 bridgehead atoms. The van der Waals surface area contributed by atoms with Crippen molar-refractivity contribution in [3.63, 3.8) is 0 Å². The highest BCUT2D eigenvalue weighted by atomic mass is 35.5. The molecule has 1 aliphatic rings. The zero-order valence-electron chi connectivity index (χ0n) is 21.3. The fourth-order valence-electron chi connectivity index (χ4n) is 4.41. The zero-order chi connectivity index (χ0) is 28.2. The average molecular weight is 613 g/mol. The van der Waals surface area contributed by atoms with Gasteiger partial charge in [0.15, 0.2) is 0 Å². The van der Waals surface area contributed by atoms with Crippen LogP contribution in [0.2, 0.25) is 15.1 Å². The summed E-state index contributed by atoms with van der Waals surface area (Å²) in [5.41, 5.74) is 4.10. The molecule has 1 aliphatic heterocycles. The van der Waals surface area contributed by atoms with Gasteiger partial charge >= 0.3 is 0 Å². The predicted molar refractivity (Wildman–Crippen MR) is 161 cm³/mol. The van der Waals surface area contributed by atoms with Crippen LogP contribution in [-0.4, -0.2) is 39.7 Å². The van der Waals surface area contributed by atoms with Crippen LogP contribution in [0.25, 0.3) is 16.9 Å². The normalized spacial score (nSPS) is 15.4. The number of carbonyl (C=O) groups excluding carboxylic acids is 2. The van der Waals surface area contributed by atoms with Gasteiger partial charge in [0, 0.05) is 36.4 Å². The van der Waals surface area contributed by atoms with Crippen LogP contribution < -0.4 is 10.6 Å². The van der Waals surface area contributed by atoms with E-state index in [9.17, 15) is 9.59 Å². The fraction of sp³-hybridized carbons (Fsp3) is 0.172. The third kappa shape index (κ3) is 6.36. The van der Waals surface area contributed by atoms with E-state index in [1.807, 2.05) is 47.2 Å². The largest absolute Gasteiger partial charge is 0.357 e. The molecule has 11 heteroatoms. The average Bonchev–Trinajstić information content (AvgIpc) is 3.62. The van der Waals surface area contributed by atoms with Crippen molar-refractivity contribution in [2.24, 2.45) is 0 Å². The Balaban J connectivity index is 1.38. The Bertz CT molecular complexity index is 1590. The smallest absolute Gasteiger partial charge is 0.258 e. The number of amides is 2. The third-order valence-electron chi connectivity index (χ3n) is 6.38. The van der Waals surface area contributed by atoms with Crippen LogP contribution >= 0.6 is 46.6 Å². The lowest BCUT2D eigenvalue weighted by molar-refractivity contribution is -0.126. The van der Waals surface area contributed by atoms with Crippen molar-refractivity contribution in [1.82, 2.24) is 25.4 Å². The summed E-state index contributed by atoms with van der Waals surface area (Å²) in [6.45, 7) is 0. The summed E-state index contributed by atoms with van der Waals surface area (Å²) < 4.78 is 1.82. The predicted octanol–water partition coefficient (Wildman–Crippen LogP) is 6.43. The van der Waals surface area contributed by atoms with Crippen LogP contribution in [0.3, 0.4) is 0 Å². The maximum absolute atomic E-state index is 13.3. The van der Waals surface area contributed by atoms with Crippen molar-refractivity contribution >= 4 is 58.4 Å². The number of nitrogens with zero attached hydrogens (tertiary/aromatic N) is 3. The molecule has 0 saturated carbocycles. The van der Waals surface area contributed by atoms with E-state index in [0.29, 0.717) is 32.8 Å². The highest BCUT2D eigenvalue weighted by molar-refractivity contribution is 8.04. The van der Waals surface area contributed by atoms with Crippen LogP contribution in [0.1, 0.15) is 22.9 Å². The lowest BCUT2D eigenvalue weighted by Gasteiger charge is -2.18. The number of nitrogens with one attached hydrogen (secondary N) is 2. The maximum atomic E-state index is 13.3. The van der Waals surface area contributed by atoms with Gasteiger partial charge in [-0.3, -0.25) is 14.6 Å². The van der Waals surface area contributed by atoms with Gasteiger partial charge < -0.3 is 10.6 Å². The first-order valence-corrected chi connectivity index (χ1v) is 14.4. The molecule has 1 unspecified atom stereocenters. The Labute approximate surface area is 250 Å². The van der Waals surface area contributed by atoms with E-state index in [2.05, 4.69) is 15.6 Å². The monoisotopic (exact) mass is 611 g/mol. The quantitative estimate of drug-likeness (QED) is 0.239. The Morgan fingerprint density at radius 3 is 2.65 bits per heavy atom. The molecule has 40 heavy (non-hydrogen) atoms. The number of pyridine rings is 1. The minimum atomic E-state index is -0.754. The molecule has 2 aromatic carbocycles. The summed E-state index contributed by atoms with van der Waals surface area (Å²) in [6, 6.07) is 17.6. The van der Waals surface area contributed by atoms with E-state index in [4.69, 9.17) is 39.9 Å². The number of benzene rings is 2. The Morgan fingerprint density at radius 2 is 1.93 bits per heavy atom. The number of hydrogen-bond acceptors (Lipinski definition) is 5. The summed E-state index contributed by atoms with van der Waals surface area (Å²) >= 11 is 20.0. The molecule has 2 amide bonds. The minimum absolute atomic E-state index is 0.0977. The molecule has 2 N–H and O–H groups in total. The number of halogens is 3. The molecular formula is C29H24Cl3N5O2S. The Kier molecular flexibility index (Phi) is 8.81. The van der Waals surface area contributed by atoms with Gasteiger partial charge in [0.2, 0.25) is 5.91 Å². The number of thioether (sulfide) groups is 1. The summed E-state index contributed by atoms with van der Waals surface area (Å²) in [7, 11) is 1.54. The fourth-order valence-corrected chi connectivity index (χ4v) is 6.06. The van der Waals surface area contributed by atoms with Crippen LogP contribution in [0.15, 0.2) is 84.0 Å². The SMILES string of the molecule is CNC(=O)[C@H](Cc1cccc(Cl)c1)NC(=O)C1=CCC(c2cc(-c3cccnc3)nn2-c2ccc(Cl)c(Cl)c2)S1. The second kappa shape index (κ2) is 12.5. The molecule has 0 aliphatic carbocycles. The maximum Gasteiger partial charge on any atom is 0.258 e. The number of carbonyl (C=O) groups is 2. The highest BCUT2D eigenvalue weighted by Gasteiger charge is 2.30. The molecule has 0 saturated heterocycles. The van der Waals surface area contributed by atoms with E-state index in [1.165, 1.54) is 11.8 Å². The second-order valence-electron chi connectivity index (χ2n) is 9.09. The first-order chi connectivity index (χ1) is 19.3. The number of rotatable bonds is 8. The van der Waals surface area contributed by atoms with Crippen molar-refractivity contribution < 1.29 is 9.59 Å². The van der Waals surface area contributed by atoms with E-state index < -0.39 is 6.04 Å². The number of likely N-dealkylation sites (N-methyl/N-ethyl adjacent to an activating group) is 1. The molecular weight excluding hydrogens is 589 g/mol. The van der Waals surface area contributed by atoms with Gasteiger partial charge in [-0.05, 0) is 60.5 Å². The molecule has 0 radical (unpaired) electrons. The van der Waals surface area contributed by atoms with Crippen LogP contribution in [0.4, 0.5) is 0 Å². The first-order valence-electron chi connectivity index (χ1n) is 12.4. The lowest BCUT2D eigenvalue weighted by Crippen LogP contribution is -2.47. The van der Waals surface area contributed by atoms with Gasteiger partial charge in [0.1, 0.15) is 6.04 Å². The van der Waals surface area contributed by atoms with Crippen LogP contribution in [0, 0.1) is 0 Å². The summed E-state index contributed by atoms with van der Waals surface area (Å²) in [5, 5.41) is 11.7. The molecule has 3 heterocycles. The van der Waals surface area contributed by atoms with Crippen LogP contribution in [-0.2, 0) is 16.0 Å². The number of aromatic nitrogens is 3. The molecule has 2 atom stereocenters. The van der Waals surface area contributed by atoms with E-state index in [1.54, 1.807) is 43.7 Å². The van der Waals surface area contributed by atoms with E-state index in [-0.39, 0.29) is 17.1 Å². The van der Waals surface area contributed by atoms with Crippen molar-refractivity contribution in [3.05, 3.63) is 110 Å². The van der Waals surface area contributed by atoms with E-state index in [0.717, 1.165) is 28.2 Å². The van der Waals surface area contributed by atoms with Gasteiger partial charge in [0.05, 0.1) is 37.3 Å². The molecule has 4 aromatic rings. The van der Waals surface area contributed by atoms with Crippen LogP contribution in [0.5, 0.6) is 0 Å². The van der Waals surface area contributed by atoms with Crippen molar-refractivity contribution in [1.29, 1.82) is 0 Å². The lowest BCUT2D eigenvalue weighted by atomic mass is 10.1. The second-order valence-corrected chi connectivity index (χ2v) is 11.6. The molecule has 204 valence electrons. The van der Waals surface area contributed by atoms with Gasteiger partial charge in [-0.15, -0.1) is 11.8 Å². The Morgan fingerprint density at radius 1 is 1.07 bits per heavy atom. The zero-order valence-corrected chi connectivity index (χ0v) is 24.4. The van der Waals surface area contributed by atoms with Crippen molar-refractivity contribution in [3.8, 4) is 16.9 Å². The summed E-state index contributed by atoms with van der Waals surface area (Å²) in [6.07, 6.45) is 6.27. The molecule has 5 rings (SSSR count). The Hall–Kier alpha value is -3.30. The van der Waals surface area contributed by atoms with Gasteiger partial charge in [-0.1, -0.05) is 53.0 Å². The third-order valence-corrected chi connectivity index (χ3v) is 8.68. The highest BCUT2D eigenvalue weighted by Crippen LogP contribution is 2.45. The molecule has 7 nitrogen and oxygen atoms in total. The summed E-state index contributed by atoms with van der Waals surface area (Å²) in [4.78, 5) is 30.7. The summed E-state index contributed by atoms with van der Waals surface area (Å²) in [5.74, 6) is -0.594.